The summed E-state index contributed by atoms with van der Waals surface area (Å²) in [5.74, 6) is 0.856. The summed E-state index contributed by atoms with van der Waals surface area (Å²) >= 11 is 6.05. The van der Waals surface area contributed by atoms with E-state index in [9.17, 15) is 0 Å². The molecule has 20 heavy (non-hydrogen) atoms. The highest BCUT2D eigenvalue weighted by atomic mass is 35.5. The Kier molecular flexibility index (Phi) is 6.38. The van der Waals surface area contributed by atoms with Gasteiger partial charge in [-0.2, -0.15) is 0 Å². The number of unbranched alkanes of at least 4 members (excludes halogenated alkanes) is 3. The Morgan fingerprint density at radius 1 is 1.20 bits per heavy atom. The normalized spacial score (nSPS) is 17.7. The highest BCUT2D eigenvalue weighted by Gasteiger charge is 2.21. The van der Waals surface area contributed by atoms with Crippen molar-refractivity contribution >= 4 is 11.6 Å². The molecule has 0 radical (unpaired) electrons. The number of hydrogen-bond acceptors (Lipinski definition) is 1. The van der Waals surface area contributed by atoms with Gasteiger partial charge in [-0.25, -0.2) is 0 Å². The van der Waals surface area contributed by atoms with Crippen molar-refractivity contribution in [3.63, 3.8) is 0 Å². The van der Waals surface area contributed by atoms with Gasteiger partial charge in [0, 0.05) is 11.1 Å². The molecule has 1 unspecified atom stereocenters. The Morgan fingerprint density at radius 2 is 2.00 bits per heavy atom. The first-order chi connectivity index (χ1) is 9.66. The average molecular weight is 294 g/mol. The van der Waals surface area contributed by atoms with Crippen LogP contribution in [0.15, 0.2) is 18.2 Å². The van der Waals surface area contributed by atoms with Gasteiger partial charge in [0.25, 0.3) is 0 Å². The van der Waals surface area contributed by atoms with Crippen molar-refractivity contribution in [3.8, 4) is 0 Å². The molecule has 1 aliphatic rings. The summed E-state index contributed by atoms with van der Waals surface area (Å²) in [5, 5.41) is 4.58. The Hall–Kier alpha value is -0.530. The fourth-order valence-corrected chi connectivity index (χ4v) is 3.30. The van der Waals surface area contributed by atoms with Crippen molar-refractivity contribution in [2.75, 3.05) is 6.54 Å². The number of rotatable bonds is 8. The number of benzene rings is 1. The molecule has 0 saturated carbocycles. The molecule has 0 aromatic heterocycles. The third-order valence-electron chi connectivity index (χ3n) is 4.28. The number of halogens is 1. The maximum atomic E-state index is 6.05. The van der Waals surface area contributed by atoms with E-state index < -0.39 is 0 Å². The number of hydrogen-bond donors (Lipinski definition) is 1. The van der Waals surface area contributed by atoms with E-state index in [0.717, 1.165) is 17.5 Å². The smallest absolute Gasteiger partial charge is 0.0408 e. The SMILES string of the molecule is CC(C)CCCCCCNC1CCc2cc(Cl)ccc21. The second-order valence-electron chi connectivity index (χ2n) is 6.49. The molecule has 1 atom stereocenters. The molecular formula is C18H28ClN. The van der Waals surface area contributed by atoms with E-state index in [2.05, 4.69) is 31.3 Å². The van der Waals surface area contributed by atoms with Crippen LogP contribution >= 0.6 is 11.6 Å². The molecule has 0 heterocycles. The molecule has 1 aromatic carbocycles. The van der Waals surface area contributed by atoms with Crippen LogP contribution in [0.1, 0.15) is 69.5 Å². The molecule has 112 valence electrons. The zero-order valence-electron chi connectivity index (χ0n) is 12.9. The fourth-order valence-electron chi connectivity index (χ4n) is 3.11. The van der Waals surface area contributed by atoms with Crippen molar-refractivity contribution < 1.29 is 0 Å². The summed E-state index contributed by atoms with van der Waals surface area (Å²) in [7, 11) is 0. The molecule has 0 fully saturated rings. The lowest BCUT2D eigenvalue weighted by molar-refractivity contribution is 0.485. The lowest BCUT2D eigenvalue weighted by atomic mass is 10.0. The van der Waals surface area contributed by atoms with Crippen LogP contribution in [0.5, 0.6) is 0 Å². The van der Waals surface area contributed by atoms with E-state index in [1.165, 1.54) is 56.1 Å². The van der Waals surface area contributed by atoms with Crippen LogP contribution in [0.25, 0.3) is 0 Å². The van der Waals surface area contributed by atoms with E-state index in [0.29, 0.717) is 6.04 Å². The second-order valence-corrected chi connectivity index (χ2v) is 6.92. The van der Waals surface area contributed by atoms with E-state index >= 15 is 0 Å². The van der Waals surface area contributed by atoms with E-state index in [4.69, 9.17) is 11.6 Å². The molecule has 1 aliphatic carbocycles. The summed E-state index contributed by atoms with van der Waals surface area (Å²) < 4.78 is 0. The largest absolute Gasteiger partial charge is 0.310 e. The first kappa shape index (κ1) is 15.9. The van der Waals surface area contributed by atoms with Gasteiger partial charge >= 0.3 is 0 Å². The Bertz CT molecular complexity index is 414. The van der Waals surface area contributed by atoms with Crippen LogP contribution in [0, 0.1) is 5.92 Å². The lowest BCUT2D eigenvalue weighted by Crippen LogP contribution is -2.20. The molecule has 0 saturated heterocycles. The zero-order chi connectivity index (χ0) is 14.4. The number of aryl methyl sites for hydroxylation is 1. The highest BCUT2D eigenvalue weighted by Crippen LogP contribution is 2.32. The zero-order valence-corrected chi connectivity index (χ0v) is 13.7. The summed E-state index contributed by atoms with van der Waals surface area (Å²) in [4.78, 5) is 0. The van der Waals surface area contributed by atoms with Gasteiger partial charge < -0.3 is 5.32 Å². The minimum atomic E-state index is 0.554. The molecule has 0 aliphatic heterocycles. The highest BCUT2D eigenvalue weighted by molar-refractivity contribution is 6.30. The van der Waals surface area contributed by atoms with E-state index in [1.807, 2.05) is 6.07 Å². The van der Waals surface area contributed by atoms with Gasteiger partial charge in [-0.05, 0) is 55.0 Å². The molecular weight excluding hydrogens is 266 g/mol. The van der Waals surface area contributed by atoms with Crippen LogP contribution in [-0.2, 0) is 6.42 Å². The molecule has 2 heteroatoms. The first-order valence-electron chi connectivity index (χ1n) is 8.18. The van der Waals surface area contributed by atoms with E-state index in [1.54, 1.807) is 0 Å². The van der Waals surface area contributed by atoms with Crippen molar-refractivity contribution in [1.82, 2.24) is 5.32 Å². The van der Waals surface area contributed by atoms with Crippen LogP contribution < -0.4 is 5.32 Å². The Morgan fingerprint density at radius 3 is 2.80 bits per heavy atom. The minimum absolute atomic E-state index is 0.554. The van der Waals surface area contributed by atoms with Crippen LogP contribution in [0.2, 0.25) is 5.02 Å². The summed E-state index contributed by atoms with van der Waals surface area (Å²) in [6.45, 7) is 5.77. The number of nitrogens with one attached hydrogen (secondary N) is 1. The average Bonchev–Trinajstić information content (AvgIpc) is 2.79. The summed E-state index contributed by atoms with van der Waals surface area (Å²) in [6, 6.07) is 6.90. The van der Waals surface area contributed by atoms with Crippen molar-refractivity contribution in [2.45, 2.75) is 64.8 Å². The third kappa shape index (κ3) is 4.79. The van der Waals surface area contributed by atoms with Crippen LogP contribution in [-0.4, -0.2) is 6.54 Å². The molecule has 0 amide bonds. The van der Waals surface area contributed by atoms with Gasteiger partial charge in [0.05, 0.1) is 0 Å². The van der Waals surface area contributed by atoms with Gasteiger partial charge in [0.1, 0.15) is 0 Å². The Balaban J connectivity index is 1.62. The van der Waals surface area contributed by atoms with Crippen molar-refractivity contribution in [3.05, 3.63) is 34.3 Å². The van der Waals surface area contributed by atoms with Crippen LogP contribution in [0.3, 0.4) is 0 Å². The Labute approximate surface area is 129 Å². The quantitative estimate of drug-likeness (QED) is 0.622. The predicted molar refractivity (Wildman–Crippen MR) is 88.4 cm³/mol. The van der Waals surface area contributed by atoms with Gasteiger partial charge in [-0.3, -0.25) is 0 Å². The summed E-state index contributed by atoms with van der Waals surface area (Å²) in [5.41, 5.74) is 2.90. The molecule has 0 bridgehead atoms. The molecule has 1 aromatic rings. The van der Waals surface area contributed by atoms with Crippen molar-refractivity contribution in [1.29, 1.82) is 0 Å². The molecule has 1 N–H and O–H groups in total. The minimum Gasteiger partial charge on any atom is -0.310 e. The lowest BCUT2D eigenvalue weighted by Gasteiger charge is -2.14. The maximum Gasteiger partial charge on any atom is 0.0408 e. The van der Waals surface area contributed by atoms with Gasteiger partial charge in [-0.1, -0.05) is 57.2 Å². The predicted octanol–water partition coefficient (Wildman–Crippen LogP) is 5.52. The van der Waals surface area contributed by atoms with Gasteiger partial charge in [-0.15, -0.1) is 0 Å². The number of fused-ring (bicyclic) bond motifs is 1. The van der Waals surface area contributed by atoms with Crippen molar-refractivity contribution in [2.24, 2.45) is 5.92 Å². The fraction of sp³-hybridized carbons (Fsp3) is 0.667. The van der Waals surface area contributed by atoms with Crippen LogP contribution in [0.4, 0.5) is 0 Å². The van der Waals surface area contributed by atoms with E-state index in [-0.39, 0.29) is 0 Å². The maximum absolute atomic E-state index is 6.05. The standard InChI is InChI=1S/C18H28ClN/c1-14(2)7-5-3-4-6-12-20-18-11-8-15-13-16(19)9-10-17(15)18/h9-10,13-14,18,20H,3-8,11-12H2,1-2H3. The topological polar surface area (TPSA) is 12.0 Å². The van der Waals surface area contributed by atoms with Gasteiger partial charge in [0.2, 0.25) is 0 Å². The second kappa shape index (κ2) is 8.05. The molecule has 1 nitrogen and oxygen atoms in total. The monoisotopic (exact) mass is 293 g/mol. The van der Waals surface area contributed by atoms with Gasteiger partial charge in [0.15, 0.2) is 0 Å². The molecule has 0 spiro atoms. The summed E-state index contributed by atoms with van der Waals surface area (Å²) in [6.07, 6.45) is 9.21. The first-order valence-corrected chi connectivity index (χ1v) is 8.56. The third-order valence-corrected chi connectivity index (χ3v) is 4.52. The molecule has 2 rings (SSSR count).